The molecule has 36 heavy (non-hydrogen) atoms. The van der Waals surface area contributed by atoms with Crippen molar-refractivity contribution in [3.63, 3.8) is 0 Å². The molecule has 5 rings (SSSR count). The molecule has 0 saturated carbocycles. The molecule has 0 bridgehead atoms. The first-order chi connectivity index (χ1) is 17.5. The molecule has 7 heteroatoms. The van der Waals surface area contributed by atoms with Gasteiger partial charge in [0.05, 0.1) is 18.7 Å². The third kappa shape index (κ3) is 4.88. The van der Waals surface area contributed by atoms with Crippen molar-refractivity contribution in [1.29, 1.82) is 0 Å². The van der Waals surface area contributed by atoms with Crippen LogP contribution in [0, 0.1) is 6.92 Å². The van der Waals surface area contributed by atoms with Crippen LogP contribution in [0.2, 0.25) is 0 Å². The van der Waals surface area contributed by atoms with Gasteiger partial charge in [0.25, 0.3) is 5.89 Å². The second kappa shape index (κ2) is 10.3. The molecular weight excluding hydrogens is 468 g/mol. The number of hydrogen-bond acceptors (Lipinski definition) is 5. The lowest BCUT2D eigenvalue weighted by molar-refractivity contribution is 0.397. The van der Waals surface area contributed by atoms with E-state index in [0.29, 0.717) is 16.8 Å². The number of ether oxygens (including phenoxy) is 1. The van der Waals surface area contributed by atoms with Gasteiger partial charge in [-0.25, -0.2) is 0 Å². The zero-order valence-electron chi connectivity index (χ0n) is 20.6. The third-order valence-corrected chi connectivity index (χ3v) is 6.80. The molecule has 2 heterocycles. The lowest BCUT2D eigenvalue weighted by Gasteiger charge is -2.37. The Bertz CT molecular complexity index is 1400. The summed E-state index contributed by atoms with van der Waals surface area (Å²) in [5.41, 5.74) is 6.29. The van der Waals surface area contributed by atoms with E-state index < -0.39 is 0 Å². The summed E-state index contributed by atoms with van der Waals surface area (Å²) in [6, 6.07) is 26.3. The minimum atomic E-state index is -0.204. The van der Waals surface area contributed by atoms with Gasteiger partial charge in [0.2, 0.25) is 5.82 Å². The Morgan fingerprint density at radius 1 is 1.00 bits per heavy atom. The summed E-state index contributed by atoms with van der Waals surface area (Å²) in [7, 11) is 1.64. The van der Waals surface area contributed by atoms with Crippen molar-refractivity contribution in [1.82, 2.24) is 20.4 Å². The standard InChI is InChI=1S/C29H28N4O2S/c1-19-12-14-22(15-13-19)26-25(28-31-27(32-35-28)23-10-7-11-24(18-23)34-3)20(2)33(29(36)30-26)17-16-21-8-5-4-6-9-21/h4-15,18,26H,16-17H2,1-3H3,(H,30,36). The van der Waals surface area contributed by atoms with E-state index in [4.69, 9.17) is 26.5 Å². The number of nitrogens with one attached hydrogen (secondary N) is 1. The Balaban J connectivity index is 1.54. The van der Waals surface area contributed by atoms with Crippen molar-refractivity contribution in [2.75, 3.05) is 13.7 Å². The van der Waals surface area contributed by atoms with Crippen molar-refractivity contribution in [3.05, 3.63) is 107 Å². The molecule has 0 saturated heterocycles. The summed E-state index contributed by atoms with van der Waals surface area (Å²) < 4.78 is 11.2. The Kier molecular flexibility index (Phi) is 6.82. The fourth-order valence-corrected chi connectivity index (χ4v) is 4.78. The van der Waals surface area contributed by atoms with E-state index in [0.717, 1.165) is 41.1 Å². The first kappa shape index (κ1) is 23.8. The van der Waals surface area contributed by atoms with E-state index in [1.165, 1.54) is 11.1 Å². The summed E-state index contributed by atoms with van der Waals surface area (Å²) in [4.78, 5) is 6.92. The highest BCUT2D eigenvalue weighted by molar-refractivity contribution is 7.80. The Morgan fingerprint density at radius 2 is 1.78 bits per heavy atom. The maximum Gasteiger partial charge on any atom is 0.258 e. The van der Waals surface area contributed by atoms with Crippen LogP contribution < -0.4 is 10.1 Å². The zero-order chi connectivity index (χ0) is 25.1. The number of aromatic nitrogens is 2. The van der Waals surface area contributed by atoms with Crippen LogP contribution in [-0.4, -0.2) is 33.8 Å². The first-order valence-corrected chi connectivity index (χ1v) is 12.3. The number of benzene rings is 3. The predicted molar refractivity (Wildman–Crippen MR) is 145 cm³/mol. The quantitative estimate of drug-likeness (QED) is 0.317. The summed E-state index contributed by atoms with van der Waals surface area (Å²) in [6.45, 7) is 4.89. The smallest absolute Gasteiger partial charge is 0.258 e. The van der Waals surface area contributed by atoms with Crippen molar-refractivity contribution in [3.8, 4) is 17.1 Å². The number of thiocarbonyl (C=S) groups is 1. The van der Waals surface area contributed by atoms with Crippen molar-refractivity contribution < 1.29 is 9.26 Å². The monoisotopic (exact) mass is 496 g/mol. The van der Waals surface area contributed by atoms with E-state index in [1.807, 2.05) is 30.3 Å². The van der Waals surface area contributed by atoms with E-state index in [-0.39, 0.29) is 6.04 Å². The van der Waals surface area contributed by atoms with Gasteiger partial charge >= 0.3 is 0 Å². The summed E-state index contributed by atoms with van der Waals surface area (Å²) in [5.74, 6) is 1.72. The van der Waals surface area contributed by atoms with Crippen LogP contribution in [0.3, 0.4) is 0 Å². The van der Waals surface area contributed by atoms with E-state index >= 15 is 0 Å². The molecule has 182 valence electrons. The minimum Gasteiger partial charge on any atom is -0.497 e. The number of allylic oxidation sites excluding steroid dienone is 1. The van der Waals surface area contributed by atoms with E-state index in [2.05, 4.69) is 77.8 Å². The highest BCUT2D eigenvalue weighted by atomic mass is 32.1. The second-order valence-corrected chi connectivity index (χ2v) is 9.22. The molecule has 1 unspecified atom stereocenters. The summed E-state index contributed by atoms with van der Waals surface area (Å²) >= 11 is 5.83. The van der Waals surface area contributed by atoms with E-state index in [9.17, 15) is 0 Å². The number of aryl methyl sites for hydroxylation is 1. The average Bonchev–Trinajstić information content (AvgIpc) is 3.39. The predicted octanol–water partition coefficient (Wildman–Crippen LogP) is 5.96. The molecule has 0 amide bonds. The summed E-state index contributed by atoms with van der Waals surface area (Å²) in [6.07, 6.45) is 0.862. The fourth-order valence-electron chi connectivity index (χ4n) is 4.43. The number of methoxy groups -OCH3 is 1. The minimum absolute atomic E-state index is 0.204. The van der Waals surface area contributed by atoms with Crippen LogP contribution in [0.15, 0.2) is 89.1 Å². The number of hydrogen-bond donors (Lipinski definition) is 1. The lowest BCUT2D eigenvalue weighted by Crippen LogP contribution is -2.46. The molecule has 1 atom stereocenters. The molecule has 1 aromatic heterocycles. The number of rotatable bonds is 7. The molecular formula is C29H28N4O2S. The second-order valence-electron chi connectivity index (χ2n) is 8.83. The van der Waals surface area contributed by atoms with Gasteiger partial charge in [-0.1, -0.05) is 77.5 Å². The molecule has 1 aliphatic rings. The van der Waals surface area contributed by atoms with Gasteiger partial charge in [0.1, 0.15) is 5.75 Å². The van der Waals surface area contributed by atoms with Gasteiger partial charge in [-0.05, 0) is 55.7 Å². The van der Waals surface area contributed by atoms with Crippen LogP contribution in [0.5, 0.6) is 5.75 Å². The molecule has 0 radical (unpaired) electrons. The number of nitrogens with zero attached hydrogens (tertiary/aromatic N) is 3. The average molecular weight is 497 g/mol. The molecule has 1 aliphatic heterocycles. The Labute approximate surface area is 216 Å². The summed E-state index contributed by atoms with van der Waals surface area (Å²) in [5, 5.41) is 8.52. The molecule has 6 nitrogen and oxygen atoms in total. The van der Waals surface area contributed by atoms with Crippen LogP contribution >= 0.6 is 12.2 Å². The van der Waals surface area contributed by atoms with Crippen LogP contribution in [0.4, 0.5) is 0 Å². The van der Waals surface area contributed by atoms with Crippen molar-refractivity contribution in [2.45, 2.75) is 26.3 Å². The fraction of sp³-hybridized carbons (Fsp3) is 0.207. The van der Waals surface area contributed by atoms with Crippen LogP contribution in [0.25, 0.3) is 17.0 Å². The first-order valence-electron chi connectivity index (χ1n) is 11.9. The Hall–Kier alpha value is -3.97. The van der Waals surface area contributed by atoms with Gasteiger partial charge in [-0.3, -0.25) is 0 Å². The highest BCUT2D eigenvalue weighted by Crippen LogP contribution is 2.37. The van der Waals surface area contributed by atoms with Gasteiger partial charge in [-0.15, -0.1) is 0 Å². The SMILES string of the molecule is COc1cccc(-c2noc(C3=C(C)N(CCc4ccccc4)C(=S)NC3c3ccc(C)cc3)n2)c1. The van der Waals surface area contributed by atoms with Crippen LogP contribution in [-0.2, 0) is 6.42 Å². The molecule has 0 fully saturated rings. The van der Waals surface area contributed by atoms with E-state index in [1.54, 1.807) is 7.11 Å². The molecule has 0 spiro atoms. The van der Waals surface area contributed by atoms with Gasteiger partial charge in [-0.2, -0.15) is 4.98 Å². The topological polar surface area (TPSA) is 63.4 Å². The Morgan fingerprint density at radius 3 is 2.53 bits per heavy atom. The van der Waals surface area contributed by atoms with Gasteiger partial charge < -0.3 is 19.5 Å². The highest BCUT2D eigenvalue weighted by Gasteiger charge is 2.34. The van der Waals surface area contributed by atoms with Gasteiger partial charge in [0.15, 0.2) is 5.11 Å². The molecule has 3 aromatic carbocycles. The van der Waals surface area contributed by atoms with Crippen molar-refractivity contribution >= 4 is 22.9 Å². The molecule has 4 aromatic rings. The molecule has 0 aliphatic carbocycles. The lowest BCUT2D eigenvalue weighted by atomic mass is 9.94. The third-order valence-electron chi connectivity index (χ3n) is 6.46. The van der Waals surface area contributed by atoms with Crippen molar-refractivity contribution in [2.24, 2.45) is 0 Å². The largest absolute Gasteiger partial charge is 0.497 e. The zero-order valence-corrected chi connectivity index (χ0v) is 21.4. The molecule has 1 N–H and O–H groups in total. The normalized spacial score (nSPS) is 15.7. The van der Waals surface area contributed by atoms with Gasteiger partial charge in [0, 0.05) is 17.8 Å². The van der Waals surface area contributed by atoms with Crippen LogP contribution in [0.1, 0.15) is 35.5 Å². The maximum absolute atomic E-state index is 5.85. The maximum atomic E-state index is 5.85.